The first-order valence-electron chi connectivity index (χ1n) is 6.65. The molecule has 0 atom stereocenters. The van der Waals surface area contributed by atoms with Crippen molar-refractivity contribution < 1.29 is 4.79 Å². The van der Waals surface area contributed by atoms with E-state index in [1.165, 1.54) is 0 Å². The van der Waals surface area contributed by atoms with Crippen molar-refractivity contribution in [3.63, 3.8) is 0 Å². The lowest BCUT2D eigenvalue weighted by Crippen LogP contribution is -2.12. The average molecular weight is 268 g/mol. The number of amides is 1. The highest BCUT2D eigenvalue weighted by atomic mass is 16.1. The van der Waals surface area contributed by atoms with E-state index in [2.05, 4.69) is 20.1 Å². The Bertz CT molecular complexity index is 700. The molecule has 3 aromatic rings. The highest BCUT2D eigenvalue weighted by Crippen LogP contribution is 2.16. The summed E-state index contributed by atoms with van der Waals surface area (Å²) in [5.41, 5.74) is 1.72. The summed E-state index contributed by atoms with van der Waals surface area (Å²) >= 11 is 0. The van der Waals surface area contributed by atoms with Gasteiger partial charge in [-0.05, 0) is 36.8 Å². The van der Waals surface area contributed by atoms with Crippen LogP contribution in [0.1, 0.15) is 12.8 Å². The van der Waals surface area contributed by atoms with Crippen molar-refractivity contribution in [3.8, 4) is 0 Å². The summed E-state index contributed by atoms with van der Waals surface area (Å²) < 4.78 is 2.07. The number of carbonyl (C=O) groups is 1. The molecule has 5 heteroatoms. The number of aryl methyl sites for hydroxylation is 1. The lowest BCUT2D eigenvalue weighted by Gasteiger charge is -2.06. The molecular formula is C15H16N4O. The molecule has 102 valence electrons. The molecular weight excluding hydrogens is 252 g/mol. The highest BCUT2D eigenvalue weighted by molar-refractivity contribution is 5.93. The number of aromatic amines is 1. The quantitative estimate of drug-likeness (QED) is 0.747. The summed E-state index contributed by atoms with van der Waals surface area (Å²) in [5, 5.41) is 10.8. The van der Waals surface area contributed by atoms with Gasteiger partial charge in [0.15, 0.2) is 0 Å². The molecule has 1 aromatic carbocycles. The molecule has 0 unspecified atom stereocenters. The largest absolute Gasteiger partial charge is 0.354 e. The summed E-state index contributed by atoms with van der Waals surface area (Å²) in [6.07, 6.45) is 7.11. The standard InChI is InChI=1S/C15H16N4O/c20-15(4-3-9-19-7-1-2-8-19)17-13-6-5-12-11-16-18-14(12)10-13/h1-2,5-8,10-11H,3-4,9H2,(H,16,18)(H,17,20). The molecule has 0 bridgehead atoms. The SMILES string of the molecule is O=C(CCCn1cccc1)Nc1ccc2cn[nH]c2c1. The maximum absolute atomic E-state index is 11.9. The second kappa shape index (κ2) is 5.61. The number of fused-ring (bicyclic) bond motifs is 1. The molecule has 0 saturated carbocycles. The van der Waals surface area contributed by atoms with Gasteiger partial charge in [0.05, 0.1) is 11.7 Å². The first kappa shape index (κ1) is 12.5. The van der Waals surface area contributed by atoms with Crippen LogP contribution in [0.25, 0.3) is 10.9 Å². The van der Waals surface area contributed by atoms with Crippen LogP contribution >= 0.6 is 0 Å². The molecule has 0 aliphatic heterocycles. The zero-order chi connectivity index (χ0) is 13.8. The van der Waals surface area contributed by atoms with E-state index in [1.54, 1.807) is 6.20 Å². The number of hydrogen-bond acceptors (Lipinski definition) is 2. The zero-order valence-electron chi connectivity index (χ0n) is 11.0. The topological polar surface area (TPSA) is 62.7 Å². The van der Waals surface area contributed by atoms with Crippen LogP contribution in [0.4, 0.5) is 5.69 Å². The fraction of sp³-hybridized carbons (Fsp3) is 0.200. The van der Waals surface area contributed by atoms with Crippen LogP contribution in [-0.4, -0.2) is 20.7 Å². The molecule has 0 saturated heterocycles. The summed E-state index contributed by atoms with van der Waals surface area (Å²) in [6, 6.07) is 9.70. The van der Waals surface area contributed by atoms with Crippen LogP contribution in [0.2, 0.25) is 0 Å². The van der Waals surface area contributed by atoms with Gasteiger partial charge in [-0.15, -0.1) is 0 Å². The van der Waals surface area contributed by atoms with E-state index in [1.807, 2.05) is 42.7 Å². The van der Waals surface area contributed by atoms with Crippen molar-refractivity contribution in [2.75, 3.05) is 5.32 Å². The molecule has 0 fully saturated rings. The predicted octanol–water partition coefficient (Wildman–Crippen LogP) is 2.78. The smallest absolute Gasteiger partial charge is 0.224 e. The fourth-order valence-corrected chi connectivity index (χ4v) is 2.18. The summed E-state index contributed by atoms with van der Waals surface area (Å²) in [6.45, 7) is 0.861. The Hall–Kier alpha value is -2.56. The van der Waals surface area contributed by atoms with Crippen molar-refractivity contribution in [3.05, 3.63) is 48.9 Å². The predicted molar refractivity (Wildman–Crippen MR) is 78.4 cm³/mol. The normalized spacial score (nSPS) is 10.8. The number of anilines is 1. The van der Waals surface area contributed by atoms with Crippen LogP contribution in [-0.2, 0) is 11.3 Å². The van der Waals surface area contributed by atoms with Gasteiger partial charge < -0.3 is 9.88 Å². The third kappa shape index (κ3) is 2.88. The molecule has 2 N–H and O–H groups in total. The minimum absolute atomic E-state index is 0.0380. The number of benzene rings is 1. The molecule has 0 aliphatic carbocycles. The Balaban J connectivity index is 1.52. The van der Waals surface area contributed by atoms with E-state index in [4.69, 9.17) is 0 Å². The van der Waals surface area contributed by atoms with E-state index < -0.39 is 0 Å². The summed E-state index contributed by atoms with van der Waals surface area (Å²) in [7, 11) is 0. The number of nitrogens with zero attached hydrogens (tertiary/aromatic N) is 2. The van der Waals surface area contributed by atoms with Crippen LogP contribution in [0, 0.1) is 0 Å². The Kier molecular flexibility index (Phi) is 3.50. The molecule has 3 rings (SSSR count). The first-order chi connectivity index (χ1) is 9.81. The van der Waals surface area contributed by atoms with E-state index in [9.17, 15) is 4.79 Å². The van der Waals surface area contributed by atoms with Crippen molar-refractivity contribution in [2.24, 2.45) is 0 Å². The summed E-state index contributed by atoms with van der Waals surface area (Å²) in [5.74, 6) is 0.0380. The number of carbonyl (C=O) groups excluding carboxylic acids is 1. The van der Waals surface area contributed by atoms with Crippen molar-refractivity contribution in [2.45, 2.75) is 19.4 Å². The Morgan fingerprint density at radius 3 is 3.00 bits per heavy atom. The lowest BCUT2D eigenvalue weighted by atomic mass is 10.2. The minimum Gasteiger partial charge on any atom is -0.354 e. The first-order valence-corrected chi connectivity index (χ1v) is 6.65. The van der Waals surface area contributed by atoms with E-state index in [0.29, 0.717) is 6.42 Å². The molecule has 5 nitrogen and oxygen atoms in total. The van der Waals surface area contributed by atoms with Crippen LogP contribution < -0.4 is 5.32 Å². The summed E-state index contributed by atoms with van der Waals surface area (Å²) in [4.78, 5) is 11.9. The molecule has 1 amide bonds. The molecule has 0 spiro atoms. The number of rotatable bonds is 5. The third-order valence-electron chi connectivity index (χ3n) is 3.21. The van der Waals surface area contributed by atoms with Gasteiger partial charge in [0.2, 0.25) is 5.91 Å². The second-order valence-electron chi connectivity index (χ2n) is 4.74. The monoisotopic (exact) mass is 268 g/mol. The highest BCUT2D eigenvalue weighted by Gasteiger charge is 2.04. The van der Waals surface area contributed by atoms with Gasteiger partial charge in [0, 0.05) is 36.4 Å². The van der Waals surface area contributed by atoms with Crippen LogP contribution in [0.3, 0.4) is 0 Å². The number of aromatic nitrogens is 3. The molecule has 0 aliphatic rings. The lowest BCUT2D eigenvalue weighted by molar-refractivity contribution is -0.116. The fourth-order valence-electron chi connectivity index (χ4n) is 2.18. The third-order valence-corrected chi connectivity index (χ3v) is 3.21. The van der Waals surface area contributed by atoms with Crippen LogP contribution in [0.15, 0.2) is 48.9 Å². The van der Waals surface area contributed by atoms with Crippen molar-refractivity contribution >= 4 is 22.5 Å². The Morgan fingerprint density at radius 1 is 1.30 bits per heavy atom. The van der Waals surface area contributed by atoms with Crippen molar-refractivity contribution in [1.29, 1.82) is 0 Å². The van der Waals surface area contributed by atoms with Crippen LogP contribution in [0.5, 0.6) is 0 Å². The van der Waals surface area contributed by atoms with E-state index in [-0.39, 0.29) is 5.91 Å². The molecule has 2 aromatic heterocycles. The van der Waals surface area contributed by atoms with Gasteiger partial charge >= 0.3 is 0 Å². The number of hydrogen-bond donors (Lipinski definition) is 2. The Labute approximate surface area is 116 Å². The van der Waals surface area contributed by atoms with Gasteiger partial charge in [-0.2, -0.15) is 5.10 Å². The van der Waals surface area contributed by atoms with Gasteiger partial charge in [-0.1, -0.05) is 0 Å². The van der Waals surface area contributed by atoms with Gasteiger partial charge in [0.1, 0.15) is 0 Å². The molecule has 20 heavy (non-hydrogen) atoms. The number of nitrogens with one attached hydrogen (secondary N) is 2. The Morgan fingerprint density at radius 2 is 2.15 bits per heavy atom. The van der Waals surface area contributed by atoms with E-state index >= 15 is 0 Å². The molecule has 2 heterocycles. The molecule has 0 radical (unpaired) electrons. The average Bonchev–Trinajstić information content (AvgIpc) is 3.08. The van der Waals surface area contributed by atoms with Gasteiger partial charge in [-0.25, -0.2) is 0 Å². The zero-order valence-corrected chi connectivity index (χ0v) is 11.0. The van der Waals surface area contributed by atoms with Gasteiger partial charge in [-0.3, -0.25) is 9.89 Å². The second-order valence-corrected chi connectivity index (χ2v) is 4.74. The van der Waals surface area contributed by atoms with Crippen molar-refractivity contribution in [1.82, 2.24) is 14.8 Å². The van der Waals surface area contributed by atoms with Gasteiger partial charge in [0.25, 0.3) is 0 Å². The van der Waals surface area contributed by atoms with E-state index in [0.717, 1.165) is 29.6 Å². The maximum Gasteiger partial charge on any atom is 0.224 e. The number of H-pyrrole nitrogens is 1. The maximum atomic E-state index is 11.9. The minimum atomic E-state index is 0.0380.